The predicted octanol–water partition coefficient (Wildman–Crippen LogP) is 7.96. The first kappa shape index (κ1) is 37.0. The van der Waals surface area contributed by atoms with Gasteiger partial charge in [0.05, 0.1) is 33.7 Å². The second-order valence-corrected chi connectivity index (χ2v) is 17.6. The number of halogens is 1. The number of thiophene rings is 1. The third-order valence-corrected chi connectivity index (χ3v) is 14.7. The van der Waals surface area contributed by atoms with E-state index in [1.165, 1.54) is 27.0 Å². The van der Waals surface area contributed by atoms with Crippen molar-refractivity contribution < 1.29 is 39.3 Å². The molecule has 0 radical (unpaired) electrons. The first-order valence-corrected chi connectivity index (χ1v) is 20.4. The van der Waals surface area contributed by atoms with Gasteiger partial charge >= 0.3 is 5.97 Å². The number of aromatic carboxylic acids is 1. The van der Waals surface area contributed by atoms with E-state index in [4.69, 9.17) is 16.7 Å². The number of anilines is 2. The van der Waals surface area contributed by atoms with Crippen LogP contribution in [0.2, 0.25) is 5.02 Å². The number of nitrogens with zero attached hydrogens (tertiary/aromatic N) is 4. The molecule has 14 heteroatoms. The number of phenols is 2. The number of carbonyl (C=O) groups excluding carboxylic acids is 4. The summed E-state index contributed by atoms with van der Waals surface area (Å²) in [5.74, 6) is -8.02. The number of hydrogen-bond donors (Lipinski definition) is 3. The minimum absolute atomic E-state index is 0.0321. The monoisotopic (exact) mass is 826 g/mol. The minimum atomic E-state index is -1.44. The summed E-state index contributed by atoms with van der Waals surface area (Å²) in [4.78, 5) is 73.9. The highest BCUT2D eigenvalue weighted by atomic mass is 35.5. The lowest BCUT2D eigenvalue weighted by Gasteiger charge is -2.49. The fourth-order valence-electron chi connectivity index (χ4n) is 10.4. The van der Waals surface area contributed by atoms with Crippen LogP contribution in [0.3, 0.4) is 0 Å². The molecule has 0 spiro atoms. The van der Waals surface area contributed by atoms with Crippen LogP contribution in [0.25, 0.3) is 31.4 Å². The Hall–Kier alpha value is -6.31. The van der Waals surface area contributed by atoms with Crippen LogP contribution in [-0.4, -0.2) is 54.7 Å². The lowest BCUT2D eigenvalue weighted by Crippen LogP contribution is -2.49. The normalized spacial score (nSPS) is 25.2. The van der Waals surface area contributed by atoms with Crippen LogP contribution in [0.1, 0.15) is 47.2 Å². The molecule has 2 aliphatic carbocycles. The number of amides is 4. The van der Waals surface area contributed by atoms with E-state index in [1.807, 2.05) is 55.5 Å². The van der Waals surface area contributed by atoms with Crippen LogP contribution in [0.4, 0.5) is 11.5 Å². The van der Waals surface area contributed by atoms with E-state index >= 15 is 9.59 Å². The zero-order valence-electron chi connectivity index (χ0n) is 31.8. The summed E-state index contributed by atoms with van der Waals surface area (Å²) in [7, 11) is 1.68. The van der Waals surface area contributed by atoms with Gasteiger partial charge in [-0.2, -0.15) is 5.10 Å². The topological polar surface area (TPSA) is 170 Å². The molecule has 2 saturated heterocycles. The molecule has 2 aromatic heterocycles. The van der Waals surface area contributed by atoms with Gasteiger partial charge in [-0.05, 0) is 90.7 Å². The summed E-state index contributed by atoms with van der Waals surface area (Å²) in [6.45, 7) is 3.75. The number of fused-ring (bicyclic) bond motifs is 6. The number of hydrogen-bond acceptors (Lipinski definition) is 9. The van der Waals surface area contributed by atoms with E-state index in [1.54, 1.807) is 32.2 Å². The molecule has 4 heterocycles. The summed E-state index contributed by atoms with van der Waals surface area (Å²) in [6.07, 6.45) is 2.12. The molecule has 4 aliphatic rings. The van der Waals surface area contributed by atoms with Gasteiger partial charge in [0.2, 0.25) is 23.6 Å². The van der Waals surface area contributed by atoms with Crippen LogP contribution in [-0.2, 0) is 26.2 Å². The Balaban J connectivity index is 1.11. The molecular formula is C45H35ClN4O8S. The third-order valence-electron chi connectivity index (χ3n) is 13.2. The van der Waals surface area contributed by atoms with Gasteiger partial charge in [-0.15, -0.1) is 11.3 Å². The van der Waals surface area contributed by atoms with Crippen LogP contribution in [0.15, 0.2) is 90.5 Å². The molecular weight excluding hydrogens is 792 g/mol. The number of allylic oxidation sites excluding steroid dienone is 2. The number of carboxylic acid groups (broad SMARTS) is 1. The van der Waals surface area contributed by atoms with Gasteiger partial charge in [0.15, 0.2) is 0 Å². The highest BCUT2D eigenvalue weighted by Gasteiger charge is 2.68. The van der Waals surface area contributed by atoms with Crippen molar-refractivity contribution in [3.8, 4) is 22.1 Å². The van der Waals surface area contributed by atoms with E-state index < -0.39 is 70.4 Å². The zero-order valence-corrected chi connectivity index (χ0v) is 33.4. The molecule has 12 nitrogen and oxygen atoms in total. The van der Waals surface area contributed by atoms with Crippen LogP contribution >= 0.6 is 22.9 Å². The average molecular weight is 827 g/mol. The fraction of sp³-hybridized carbons (Fsp3) is 0.244. The molecule has 0 bridgehead atoms. The van der Waals surface area contributed by atoms with Crippen molar-refractivity contribution in [3.63, 3.8) is 0 Å². The summed E-state index contributed by atoms with van der Waals surface area (Å²) in [5, 5.41) is 39.7. The standard InChI is InChI=1S/C45H35ClN4O8S/c1-20-28-16-22(46)9-15-34(28)59-39(20)31-19-35(48(3)47-31)50-41(54)30-18-29-25(38(45(30,2)44(50)58)37-24-7-5-4-6-21(24)8-14-32(37)51)12-13-27-36(29)42(55)49(40(27)53)23-10-11-26(43(56)57)33(52)17-23/h4-12,14-17,19,27,29-30,36,38,51-52H,13,18H2,1-3H3,(H,56,57)/t27-,29+,30-,36-,38+,45+/m0/s1. The Kier molecular flexibility index (Phi) is 8.05. The molecule has 2 aliphatic heterocycles. The molecule has 59 heavy (non-hydrogen) atoms. The van der Waals surface area contributed by atoms with Gasteiger partial charge in [-0.1, -0.05) is 53.6 Å². The highest BCUT2D eigenvalue weighted by Crippen LogP contribution is 2.65. The molecule has 3 fully saturated rings. The van der Waals surface area contributed by atoms with E-state index in [-0.39, 0.29) is 35.7 Å². The maximum absolute atomic E-state index is 15.4. The molecule has 0 unspecified atom stereocenters. The molecule has 296 valence electrons. The maximum Gasteiger partial charge on any atom is 0.339 e. The average Bonchev–Trinajstić information content (AvgIpc) is 3.88. The number of carbonyl (C=O) groups is 5. The van der Waals surface area contributed by atoms with Gasteiger partial charge in [0.1, 0.15) is 28.6 Å². The molecule has 6 aromatic rings. The number of aromatic hydroxyl groups is 2. The van der Waals surface area contributed by atoms with Gasteiger partial charge < -0.3 is 15.3 Å². The van der Waals surface area contributed by atoms with E-state index in [0.717, 1.165) is 42.9 Å². The van der Waals surface area contributed by atoms with Crippen molar-refractivity contribution in [2.45, 2.75) is 32.6 Å². The number of imide groups is 2. The van der Waals surface area contributed by atoms with E-state index in [9.17, 15) is 29.7 Å². The minimum Gasteiger partial charge on any atom is -0.508 e. The first-order chi connectivity index (χ1) is 28.2. The zero-order chi connectivity index (χ0) is 41.4. The fourth-order valence-corrected chi connectivity index (χ4v) is 11.8. The summed E-state index contributed by atoms with van der Waals surface area (Å²) < 4.78 is 2.54. The number of phenolic OH excluding ortho intramolecular Hbond substituents is 1. The maximum atomic E-state index is 15.4. The van der Waals surface area contributed by atoms with Gasteiger partial charge in [0, 0.05) is 40.4 Å². The number of carboxylic acids is 1. The Morgan fingerprint density at radius 1 is 0.881 bits per heavy atom. The molecule has 3 N–H and O–H groups in total. The number of benzene rings is 4. The highest BCUT2D eigenvalue weighted by molar-refractivity contribution is 7.22. The molecule has 1 saturated carbocycles. The van der Waals surface area contributed by atoms with Crippen molar-refractivity contribution in [2.24, 2.45) is 36.1 Å². The summed E-state index contributed by atoms with van der Waals surface area (Å²) >= 11 is 7.86. The lowest BCUT2D eigenvalue weighted by molar-refractivity contribution is -0.131. The Morgan fingerprint density at radius 3 is 2.42 bits per heavy atom. The second kappa shape index (κ2) is 12.8. The van der Waals surface area contributed by atoms with Gasteiger partial charge in [-0.25, -0.2) is 14.6 Å². The number of rotatable bonds is 5. The molecule has 10 rings (SSSR count). The predicted molar refractivity (Wildman–Crippen MR) is 222 cm³/mol. The van der Waals surface area contributed by atoms with E-state index in [2.05, 4.69) is 0 Å². The quantitative estimate of drug-likeness (QED) is 0.115. The Morgan fingerprint density at radius 2 is 1.66 bits per heavy atom. The van der Waals surface area contributed by atoms with Crippen LogP contribution in [0, 0.1) is 36.0 Å². The van der Waals surface area contributed by atoms with Crippen LogP contribution < -0.4 is 9.80 Å². The Bertz CT molecular complexity index is 2950. The smallest absolute Gasteiger partial charge is 0.339 e. The van der Waals surface area contributed by atoms with Crippen molar-refractivity contribution in [3.05, 3.63) is 112 Å². The largest absolute Gasteiger partial charge is 0.508 e. The van der Waals surface area contributed by atoms with Crippen molar-refractivity contribution in [1.82, 2.24) is 9.78 Å². The summed E-state index contributed by atoms with van der Waals surface area (Å²) in [6, 6.07) is 21.8. The van der Waals surface area contributed by atoms with Crippen molar-refractivity contribution >= 4 is 84.9 Å². The SMILES string of the molecule is Cc1c(-c2cc(N3C(=O)[C@@H]4C[C@@H]5C(=CC[C@@H]6C(=O)N(c7ccc(C(=O)O)c(O)c7)C(=O)[C@@H]65)[C@H](c5c(O)ccc6ccccc56)[C@]4(C)C3=O)n(C)n2)sc2ccc(Cl)cc12. The molecule has 6 atom stereocenters. The lowest BCUT2D eigenvalue weighted by atomic mass is 9.51. The van der Waals surface area contributed by atoms with Crippen molar-refractivity contribution in [1.29, 1.82) is 0 Å². The molecule has 4 amide bonds. The third kappa shape index (κ3) is 5.07. The number of aryl methyl sites for hydroxylation is 2. The molecule has 4 aromatic carbocycles. The first-order valence-electron chi connectivity index (χ1n) is 19.2. The van der Waals surface area contributed by atoms with Crippen LogP contribution in [0.5, 0.6) is 11.5 Å². The van der Waals surface area contributed by atoms with E-state index in [0.29, 0.717) is 27.2 Å². The van der Waals surface area contributed by atoms with Gasteiger partial charge in [-0.3, -0.25) is 23.9 Å². The number of aromatic nitrogens is 2. The Labute approximate surface area is 345 Å². The second-order valence-electron chi connectivity index (χ2n) is 16.1. The van der Waals surface area contributed by atoms with Gasteiger partial charge in [0.25, 0.3) is 0 Å². The van der Waals surface area contributed by atoms with Crippen molar-refractivity contribution in [2.75, 3.05) is 9.80 Å². The summed E-state index contributed by atoms with van der Waals surface area (Å²) in [5.41, 5.74) is 0.913.